The van der Waals surface area contributed by atoms with Crippen molar-refractivity contribution in [2.24, 2.45) is 0 Å². The number of aryl methyl sites for hydroxylation is 1. The topological polar surface area (TPSA) is 20.2 Å². The van der Waals surface area contributed by atoms with Gasteiger partial charge in [0.1, 0.15) is 0 Å². The summed E-state index contributed by atoms with van der Waals surface area (Å²) in [5.41, 5.74) is 1.40. The van der Waals surface area contributed by atoms with Crippen molar-refractivity contribution in [3.63, 3.8) is 0 Å². The van der Waals surface area contributed by atoms with Crippen molar-refractivity contribution >= 4 is 23.1 Å². The van der Waals surface area contributed by atoms with Crippen LogP contribution in [0.15, 0.2) is 6.07 Å². The van der Waals surface area contributed by atoms with Crippen LogP contribution in [0.1, 0.15) is 27.8 Å². The number of thiophene rings is 1. The maximum Gasteiger partial charge on any atom is 0.0990 e. The molecule has 1 nitrogen and oxygen atoms in total. The smallest absolute Gasteiger partial charge is 0.0990 e. The molecule has 0 aliphatic carbocycles. The molecular weight excluding hydrogens is 212 g/mol. The monoisotopic (exact) mass is 224 g/mol. The number of aliphatic hydroxyl groups excluding tert-OH is 1. The van der Waals surface area contributed by atoms with Crippen LogP contribution in [-0.4, -0.2) is 10.9 Å². The van der Waals surface area contributed by atoms with Crippen LogP contribution in [-0.2, 0) is 12.2 Å². The Morgan fingerprint density at radius 2 is 2.50 bits per heavy atom. The number of aliphatic hydroxyl groups is 1. The number of hydrogen-bond donors (Lipinski definition) is 1. The molecule has 0 fully saturated rings. The first-order valence-electron chi connectivity index (χ1n) is 4.62. The molecule has 1 aliphatic rings. The van der Waals surface area contributed by atoms with E-state index in [1.807, 2.05) is 11.8 Å². The van der Waals surface area contributed by atoms with Gasteiger partial charge in [0.15, 0.2) is 0 Å². The molecule has 0 radical (unpaired) electrons. The zero-order valence-electron chi connectivity index (χ0n) is 7.82. The van der Waals surface area contributed by atoms with E-state index in [-0.39, 0.29) is 0 Å². The fourth-order valence-corrected chi connectivity index (χ4v) is 3.91. The highest BCUT2D eigenvalue weighted by Crippen LogP contribution is 2.35. The Morgan fingerprint density at radius 3 is 3.21 bits per heavy atom. The fourth-order valence-electron chi connectivity index (χ4n) is 1.55. The molecule has 1 atom stereocenters. The van der Waals surface area contributed by atoms with Crippen molar-refractivity contribution in [2.75, 3.05) is 5.75 Å². The highest BCUT2D eigenvalue weighted by atomic mass is 32.2. The first-order valence-corrected chi connectivity index (χ1v) is 6.59. The molecule has 1 aromatic heterocycles. The molecule has 74 valence electrons. The predicted molar refractivity (Wildman–Crippen MR) is 62.6 cm³/mol. The van der Waals surface area contributed by atoms with E-state index < -0.39 is 6.10 Å². The third-order valence-corrected chi connectivity index (χ3v) is 4.63. The third-order valence-electron chi connectivity index (χ3n) is 2.29. The van der Waals surface area contributed by atoms with E-state index in [4.69, 9.17) is 6.42 Å². The van der Waals surface area contributed by atoms with Crippen LogP contribution in [0.4, 0.5) is 0 Å². The summed E-state index contributed by atoms with van der Waals surface area (Å²) in [7, 11) is 0. The molecule has 0 aromatic carbocycles. The zero-order valence-corrected chi connectivity index (χ0v) is 9.46. The molecular formula is C11H12OS2. The van der Waals surface area contributed by atoms with Gasteiger partial charge >= 0.3 is 0 Å². The van der Waals surface area contributed by atoms with E-state index in [9.17, 15) is 5.11 Å². The van der Waals surface area contributed by atoms with Gasteiger partial charge in [0.05, 0.1) is 6.10 Å². The number of fused-ring (bicyclic) bond motifs is 1. The second-order valence-electron chi connectivity index (χ2n) is 3.32. The number of rotatable bonds is 2. The van der Waals surface area contributed by atoms with E-state index in [0.717, 1.165) is 17.1 Å². The summed E-state index contributed by atoms with van der Waals surface area (Å²) in [4.78, 5) is 2.48. The van der Waals surface area contributed by atoms with Crippen molar-refractivity contribution in [2.45, 2.75) is 24.7 Å². The van der Waals surface area contributed by atoms with Crippen LogP contribution in [0.2, 0.25) is 0 Å². The van der Waals surface area contributed by atoms with Crippen molar-refractivity contribution in [3.8, 4) is 12.3 Å². The largest absolute Gasteiger partial charge is 0.387 e. The van der Waals surface area contributed by atoms with E-state index in [0.29, 0.717) is 6.42 Å². The lowest BCUT2D eigenvalue weighted by molar-refractivity contribution is 0.188. The summed E-state index contributed by atoms with van der Waals surface area (Å²) in [6, 6.07) is 2.12. The summed E-state index contributed by atoms with van der Waals surface area (Å²) in [6.45, 7) is 0. The van der Waals surface area contributed by atoms with E-state index >= 15 is 0 Å². The lowest BCUT2D eigenvalue weighted by atomic mass is 10.2. The van der Waals surface area contributed by atoms with Gasteiger partial charge in [-0.15, -0.1) is 23.7 Å². The molecule has 1 aromatic rings. The van der Waals surface area contributed by atoms with Crippen LogP contribution in [0.25, 0.3) is 0 Å². The Balaban J connectivity index is 2.20. The molecule has 14 heavy (non-hydrogen) atoms. The van der Waals surface area contributed by atoms with Gasteiger partial charge in [-0.2, -0.15) is 11.8 Å². The predicted octanol–water partition coefficient (Wildman–Crippen LogP) is 2.59. The lowest BCUT2D eigenvalue weighted by Crippen LogP contribution is -1.96. The van der Waals surface area contributed by atoms with Gasteiger partial charge in [0, 0.05) is 21.9 Å². The lowest BCUT2D eigenvalue weighted by Gasteiger charge is -2.08. The van der Waals surface area contributed by atoms with Crippen LogP contribution in [0, 0.1) is 12.3 Å². The summed E-state index contributed by atoms with van der Waals surface area (Å²) in [5.74, 6) is 4.80. The third kappa shape index (κ3) is 1.98. The Labute approximate surface area is 92.5 Å². The Hall–Kier alpha value is -0.430. The first kappa shape index (κ1) is 10.1. The second-order valence-corrected chi connectivity index (χ2v) is 5.60. The molecule has 0 amide bonds. The van der Waals surface area contributed by atoms with Crippen LogP contribution in [0.3, 0.4) is 0 Å². The van der Waals surface area contributed by atoms with Crippen molar-refractivity contribution in [1.82, 2.24) is 0 Å². The Morgan fingerprint density at radius 1 is 1.64 bits per heavy atom. The molecule has 0 bridgehead atoms. The van der Waals surface area contributed by atoms with Crippen molar-refractivity contribution in [1.29, 1.82) is 0 Å². The quantitative estimate of drug-likeness (QED) is 0.779. The number of terminal acetylenes is 1. The first-order chi connectivity index (χ1) is 6.81. The highest BCUT2D eigenvalue weighted by Gasteiger charge is 2.16. The number of thioether (sulfide) groups is 1. The van der Waals surface area contributed by atoms with Gasteiger partial charge in [-0.25, -0.2) is 0 Å². The van der Waals surface area contributed by atoms with Crippen molar-refractivity contribution < 1.29 is 5.11 Å². The number of hydrogen-bond acceptors (Lipinski definition) is 3. The van der Waals surface area contributed by atoms with Gasteiger partial charge in [0.2, 0.25) is 0 Å². The zero-order chi connectivity index (χ0) is 9.97. The molecule has 3 heteroatoms. The van der Waals surface area contributed by atoms with Crippen LogP contribution in [0.5, 0.6) is 0 Å². The van der Waals surface area contributed by atoms with Crippen molar-refractivity contribution in [3.05, 3.63) is 21.4 Å². The molecule has 2 heterocycles. The van der Waals surface area contributed by atoms with Gasteiger partial charge in [-0.3, -0.25) is 0 Å². The van der Waals surface area contributed by atoms with E-state index in [1.54, 1.807) is 11.3 Å². The molecule has 0 saturated carbocycles. The second kappa shape index (κ2) is 4.39. The van der Waals surface area contributed by atoms with E-state index in [1.165, 1.54) is 16.2 Å². The van der Waals surface area contributed by atoms with Gasteiger partial charge in [-0.1, -0.05) is 0 Å². The van der Waals surface area contributed by atoms with E-state index in [2.05, 4.69) is 12.0 Å². The molecule has 1 unspecified atom stereocenters. The van der Waals surface area contributed by atoms with Gasteiger partial charge < -0.3 is 5.11 Å². The fraction of sp³-hybridized carbons (Fsp3) is 0.455. The standard InChI is InChI=1S/C11H12OS2/c1-2-3-9(12)11-6-8-7-13-5-4-10(8)14-11/h1,6,9,12H,3-5,7H2. The molecule has 2 rings (SSSR count). The minimum Gasteiger partial charge on any atom is -0.387 e. The summed E-state index contributed by atoms with van der Waals surface area (Å²) >= 11 is 3.69. The summed E-state index contributed by atoms with van der Waals surface area (Å²) in [5, 5.41) is 9.73. The molecule has 1 aliphatic heterocycles. The van der Waals surface area contributed by atoms with Gasteiger partial charge in [-0.05, 0) is 23.8 Å². The maximum atomic E-state index is 9.73. The molecule has 1 N–H and O–H groups in total. The van der Waals surface area contributed by atoms with Gasteiger partial charge in [0.25, 0.3) is 0 Å². The van der Waals surface area contributed by atoms with Crippen LogP contribution < -0.4 is 0 Å². The highest BCUT2D eigenvalue weighted by molar-refractivity contribution is 7.98. The Bertz CT molecular complexity index is 338. The average Bonchev–Trinajstić information content (AvgIpc) is 2.61. The normalized spacial score (nSPS) is 17.1. The van der Waals surface area contributed by atoms with Crippen LogP contribution >= 0.6 is 23.1 Å². The minimum absolute atomic E-state index is 0.423. The average molecular weight is 224 g/mol. The molecule has 0 saturated heterocycles. The minimum atomic E-state index is -0.458. The Kier molecular flexibility index (Phi) is 3.17. The maximum absolute atomic E-state index is 9.73. The summed E-state index contributed by atoms with van der Waals surface area (Å²) in [6.07, 6.45) is 6.29. The SMILES string of the molecule is C#CCC(O)c1cc2c(s1)CCSC2. The summed E-state index contributed by atoms with van der Waals surface area (Å²) < 4.78 is 0. The molecule has 0 spiro atoms.